The fourth-order valence-corrected chi connectivity index (χ4v) is 3.60. The van der Waals surface area contributed by atoms with Crippen LogP contribution >= 0.6 is 11.6 Å². The lowest BCUT2D eigenvalue weighted by Crippen LogP contribution is -2.45. The molecular weight excluding hydrogens is 395 g/mol. The van der Waals surface area contributed by atoms with Gasteiger partial charge in [-0.2, -0.15) is 4.98 Å². The number of rotatable bonds is 6. The number of hydrogen-bond acceptors (Lipinski definition) is 6. The molecule has 8 heteroatoms. The van der Waals surface area contributed by atoms with Gasteiger partial charge < -0.3 is 9.26 Å². The molecule has 0 N–H and O–H groups in total. The molecule has 6 nitrogen and oxygen atoms in total. The summed E-state index contributed by atoms with van der Waals surface area (Å²) < 4.78 is 24.6. The van der Waals surface area contributed by atoms with Gasteiger partial charge in [0.05, 0.1) is 13.7 Å². The van der Waals surface area contributed by atoms with Gasteiger partial charge in [0.15, 0.2) is 0 Å². The number of hydrogen-bond donors (Lipinski definition) is 0. The summed E-state index contributed by atoms with van der Waals surface area (Å²) in [5.74, 6) is 1.68. The van der Waals surface area contributed by atoms with E-state index in [0.717, 1.165) is 37.5 Å². The molecule has 0 saturated carbocycles. The van der Waals surface area contributed by atoms with Crippen LogP contribution in [0.4, 0.5) is 4.39 Å². The van der Waals surface area contributed by atoms with Crippen LogP contribution < -0.4 is 4.74 Å². The Labute approximate surface area is 173 Å². The predicted octanol–water partition coefficient (Wildman–Crippen LogP) is 3.86. The first-order valence-electron chi connectivity index (χ1n) is 9.47. The summed E-state index contributed by atoms with van der Waals surface area (Å²) in [4.78, 5) is 8.96. The third-order valence-electron chi connectivity index (χ3n) is 5.08. The maximum atomic E-state index is 14.0. The number of ether oxygens (including phenoxy) is 1. The Balaban J connectivity index is 1.31. The summed E-state index contributed by atoms with van der Waals surface area (Å²) >= 11 is 6.14. The van der Waals surface area contributed by atoms with Crippen molar-refractivity contribution in [3.8, 4) is 17.1 Å². The van der Waals surface area contributed by atoms with Crippen molar-refractivity contribution in [1.82, 2.24) is 19.9 Å². The van der Waals surface area contributed by atoms with E-state index < -0.39 is 0 Å². The summed E-state index contributed by atoms with van der Waals surface area (Å²) in [5.41, 5.74) is 1.44. The van der Waals surface area contributed by atoms with Gasteiger partial charge in [0.25, 0.3) is 0 Å². The first-order chi connectivity index (χ1) is 14.1. The van der Waals surface area contributed by atoms with E-state index in [0.29, 0.717) is 35.4 Å². The molecular formula is C21H22ClFN4O2. The number of nitrogens with zero attached hydrogens (tertiary/aromatic N) is 4. The van der Waals surface area contributed by atoms with E-state index in [1.165, 1.54) is 6.07 Å². The highest BCUT2D eigenvalue weighted by molar-refractivity contribution is 6.31. The van der Waals surface area contributed by atoms with Crippen LogP contribution in [0.15, 0.2) is 47.0 Å². The summed E-state index contributed by atoms with van der Waals surface area (Å²) in [6.07, 6.45) is 0. The highest BCUT2D eigenvalue weighted by Crippen LogP contribution is 2.22. The monoisotopic (exact) mass is 416 g/mol. The Bertz CT molecular complexity index is 935. The van der Waals surface area contributed by atoms with E-state index in [4.69, 9.17) is 20.9 Å². The molecule has 2 heterocycles. The van der Waals surface area contributed by atoms with Gasteiger partial charge in [-0.3, -0.25) is 9.80 Å². The van der Waals surface area contributed by atoms with Gasteiger partial charge in [-0.25, -0.2) is 4.39 Å². The SMILES string of the molecule is COc1ccc(-c2noc(CN3CCN(Cc4c(F)cccc4Cl)CC3)n2)cc1. The molecule has 1 aliphatic heterocycles. The van der Waals surface area contributed by atoms with E-state index in [1.54, 1.807) is 19.2 Å². The fourth-order valence-electron chi connectivity index (χ4n) is 3.38. The smallest absolute Gasteiger partial charge is 0.241 e. The Morgan fingerprint density at radius 1 is 1.03 bits per heavy atom. The molecule has 0 bridgehead atoms. The molecule has 2 aromatic carbocycles. The number of halogens is 2. The van der Waals surface area contributed by atoms with Crippen LogP contribution in [0, 0.1) is 5.82 Å². The van der Waals surface area contributed by atoms with Gasteiger partial charge in [0.2, 0.25) is 11.7 Å². The molecule has 1 aromatic heterocycles. The number of piperazine rings is 1. The first kappa shape index (κ1) is 19.8. The molecule has 29 heavy (non-hydrogen) atoms. The van der Waals surface area contributed by atoms with Crippen molar-refractivity contribution in [2.75, 3.05) is 33.3 Å². The number of methoxy groups -OCH3 is 1. The van der Waals surface area contributed by atoms with Crippen LogP contribution in [0.5, 0.6) is 5.75 Å². The second-order valence-electron chi connectivity index (χ2n) is 6.99. The summed E-state index contributed by atoms with van der Waals surface area (Å²) in [6, 6.07) is 12.3. The van der Waals surface area contributed by atoms with Crippen molar-refractivity contribution in [2.45, 2.75) is 13.1 Å². The largest absolute Gasteiger partial charge is 0.497 e. The van der Waals surface area contributed by atoms with Gasteiger partial charge in [-0.1, -0.05) is 22.8 Å². The van der Waals surface area contributed by atoms with E-state index in [-0.39, 0.29) is 5.82 Å². The fraction of sp³-hybridized carbons (Fsp3) is 0.333. The highest BCUT2D eigenvalue weighted by Gasteiger charge is 2.21. The van der Waals surface area contributed by atoms with Crippen LogP contribution in [-0.4, -0.2) is 53.2 Å². The maximum Gasteiger partial charge on any atom is 0.241 e. The molecule has 0 spiro atoms. The minimum Gasteiger partial charge on any atom is -0.497 e. The Kier molecular flexibility index (Phi) is 6.08. The number of benzene rings is 2. The van der Waals surface area contributed by atoms with E-state index in [2.05, 4.69) is 19.9 Å². The van der Waals surface area contributed by atoms with Gasteiger partial charge in [0, 0.05) is 48.9 Å². The average Bonchev–Trinajstić information content (AvgIpc) is 3.21. The lowest BCUT2D eigenvalue weighted by Gasteiger charge is -2.34. The standard InChI is InChI=1S/C21H22ClFN4O2/c1-28-16-7-5-15(6-8-16)21-24-20(29-25-21)14-27-11-9-26(10-12-27)13-17-18(22)3-2-4-19(17)23/h2-8H,9-14H2,1H3. The molecule has 1 aliphatic rings. The molecule has 0 aliphatic carbocycles. The Morgan fingerprint density at radius 2 is 1.72 bits per heavy atom. The normalized spacial score (nSPS) is 15.6. The van der Waals surface area contributed by atoms with E-state index in [1.807, 2.05) is 24.3 Å². The molecule has 152 valence electrons. The zero-order chi connectivity index (χ0) is 20.2. The van der Waals surface area contributed by atoms with Gasteiger partial charge in [-0.05, 0) is 36.4 Å². The molecule has 1 saturated heterocycles. The topological polar surface area (TPSA) is 54.6 Å². The van der Waals surface area contributed by atoms with Crippen molar-refractivity contribution in [3.63, 3.8) is 0 Å². The zero-order valence-electron chi connectivity index (χ0n) is 16.1. The first-order valence-corrected chi connectivity index (χ1v) is 9.85. The quantitative estimate of drug-likeness (QED) is 0.608. The van der Waals surface area contributed by atoms with Gasteiger partial charge in [-0.15, -0.1) is 0 Å². The van der Waals surface area contributed by atoms with Crippen molar-refractivity contribution < 1.29 is 13.7 Å². The van der Waals surface area contributed by atoms with E-state index >= 15 is 0 Å². The Morgan fingerprint density at radius 3 is 2.38 bits per heavy atom. The van der Waals surface area contributed by atoms with Crippen LogP contribution in [0.25, 0.3) is 11.4 Å². The van der Waals surface area contributed by atoms with Crippen LogP contribution in [0.2, 0.25) is 5.02 Å². The van der Waals surface area contributed by atoms with Crippen LogP contribution in [0.3, 0.4) is 0 Å². The maximum absolute atomic E-state index is 14.0. The minimum absolute atomic E-state index is 0.253. The van der Waals surface area contributed by atoms with Gasteiger partial charge >= 0.3 is 0 Å². The third kappa shape index (κ3) is 4.75. The second-order valence-corrected chi connectivity index (χ2v) is 7.40. The predicted molar refractivity (Wildman–Crippen MR) is 108 cm³/mol. The summed E-state index contributed by atoms with van der Waals surface area (Å²) in [5, 5.41) is 4.55. The molecule has 0 radical (unpaired) electrons. The molecule has 3 aromatic rings. The molecule has 0 atom stereocenters. The van der Waals surface area contributed by atoms with Crippen molar-refractivity contribution in [2.24, 2.45) is 0 Å². The highest BCUT2D eigenvalue weighted by atomic mass is 35.5. The lowest BCUT2D eigenvalue weighted by molar-refractivity contribution is 0.111. The molecule has 1 fully saturated rings. The zero-order valence-corrected chi connectivity index (χ0v) is 16.9. The second kappa shape index (κ2) is 8.90. The third-order valence-corrected chi connectivity index (χ3v) is 5.44. The molecule has 0 amide bonds. The lowest BCUT2D eigenvalue weighted by atomic mass is 10.2. The van der Waals surface area contributed by atoms with Crippen molar-refractivity contribution >= 4 is 11.6 Å². The minimum atomic E-state index is -0.253. The van der Waals surface area contributed by atoms with Crippen LogP contribution in [-0.2, 0) is 13.1 Å². The number of aromatic nitrogens is 2. The molecule has 4 rings (SSSR count). The summed E-state index contributed by atoms with van der Waals surface area (Å²) in [6.45, 7) is 4.44. The van der Waals surface area contributed by atoms with E-state index in [9.17, 15) is 4.39 Å². The van der Waals surface area contributed by atoms with Crippen LogP contribution in [0.1, 0.15) is 11.5 Å². The molecule has 0 unspecified atom stereocenters. The average molecular weight is 417 g/mol. The Hall–Kier alpha value is -2.48. The summed E-state index contributed by atoms with van der Waals surface area (Å²) in [7, 11) is 1.63. The van der Waals surface area contributed by atoms with Crippen molar-refractivity contribution in [1.29, 1.82) is 0 Å². The van der Waals surface area contributed by atoms with Gasteiger partial charge in [0.1, 0.15) is 11.6 Å². The van der Waals surface area contributed by atoms with Crippen molar-refractivity contribution in [3.05, 3.63) is 64.8 Å².